The van der Waals surface area contributed by atoms with Gasteiger partial charge in [0, 0.05) is 6.20 Å². The molecular formula is C9H10N4S. The van der Waals surface area contributed by atoms with Gasteiger partial charge in [-0.1, -0.05) is 11.8 Å². The summed E-state index contributed by atoms with van der Waals surface area (Å²) in [5, 5.41) is 11.5. The van der Waals surface area contributed by atoms with Crippen molar-refractivity contribution < 1.29 is 0 Å². The van der Waals surface area contributed by atoms with E-state index >= 15 is 0 Å². The van der Waals surface area contributed by atoms with Crippen LogP contribution in [0.3, 0.4) is 0 Å². The lowest BCUT2D eigenvalue weighted by molar-refractivity contribution is 1.18. The molecule has 1 rings (SSSR count). The molecule has 0 aliphatic carbocycles. The van der Waals surface area contributed by atoms with Gasteiger partial charge in [0.05, 0.1) is 11.4 Å². The number of hydrogen-bond donors (Lipinski definition) is 1. The molecule has 0 fully saturated rings. The second kappa shape index (κ2) is 5.25. The van der Waals surface area contributed by atoms with Crippen molar-refractivity contribution >= 4 is 22.6 Å². The second-order valence-corrected chi connectivity index (χ2v) is 3.26. The van der Waals surface area contributed by atoms with Crippen molar-refractivity contribution in [2.75, 3.05) is 6.26 Å². The normalized spacial score (nSPS) is 10.8. The van der Waals surface area contributed by atoms with Gasteiger partial charge in [0.2, 0.25) is 0 Å². The first-order chi connectivity index (χ1) is 6.77. The first-order valence-corrected chi connectivity index (χ1v) is 5.20. The fourth-order valence-electron chi connectivity index (χ4n) is 0.876. The molecule has 0 aromatic carbocycles. The number of thioether (sulfide) groups is 1. The maximum Gasteiger partial charge on any atom is 0.183 e. The monoisotopic (exact) mass is 206 g/mol. The molecule has 0 unspecified atom stereocenters. The SMILES string of the molecule is CSC(=Nc1cccnc1C)NC#N. The van der Waals surface area contributed by atoms with Gasteiger partial charge in [-0.05, 0) is 25.3 Å². The van der Waals surface area contributed by atoms with Crippen LogP contribution in [-0.4, -0.2) is 16.4 Å². The number of pyridine rings is 1. The number of aromatic nitrogens is 1. The van der Waals surface area contributed by atoms with Gasteiger partial charge in [0.1, 0.15) is 0 Å². The molecule has 0 spiro atoms. The smallest absolute Gasteiger partial charge is 0.183 e. The molecule has 1 N–H and O–H groups in total. The topological polar surface area (TPSA) is 61.1 Å². The Hall–Kier alpha value is -1.54. The quantitative estimate of drug-likeness (QED) is 0.329. The van der Waals surface area contributed by atoms with E-state index in [1.165, 1.54) is 11.8 Å². The third-order valence-electron chi connectivity index (χ3n) is 1.56. The van der Waals surface area contributed by atoms with Gasteiger partial charge in [-0.3, -0.25) is 10.3 Å². The number of nitrogens with zero attached hydrogens (tertiary/aromatic N) is 3. The average molecular weight is 206 g/mol. The molecule has 1 aromatic rings. The molecule has 4 nitrogen and oxygen atoms in total. The Kier molecular flexibility index (Phi) is 3.95. The zero-order chi connectivity index (χ0) is 10.4. The lowest BCUT2D eigenvalue weighted by Crippen LogP contribution is -2.12. The van der Waals surface area contributed by atoms with Crippen LogP contribution in [0, 0.1) is 18.4 Å². The minimum absolute atomic E-state index is 0.573. The number of aryl methyl sites for hydroxylation is 1. The van der Waals surface area contributed by atoms with Crippen molar-refractivity contribution in [3.8, 4) is 6.19 Å². The van der Waals surface area contributed by atoms with Crippen molar-refractivity contribution in [2.24, 2.45) is 4.99 Å². The molecule has 0 amide bonds. The van der Waals surface area contributed by atoms with Crippen LogP contribution in [-0.2, 0) is 0 Å². The fraction of sp³-hybridized carbons (Fsp3) is 0.222. The van der Waals surface area contributed by atoms with Crippen molar-refractivity contribution in [3.63, 3.8) is 0 Å². The number of rotatable bonds is 1. The summed E-state index contributed by atoms with van der Waals surface area (Å²) in [6.07, 6.45) is 5.41. The fourth-order valence-corrected chi connectivity index (χ4v) is 1.21. The highest BCUT2D eigenvalue weighted by Crippen LogP contribution is 2.16. The van der Waals surface area contributed by atoms with Crippen LogP contribution in [0.1, 0.15) is 5.69 Å². The molecule has 5 heteroatoms. The molecule has 0 aliphatic heterocycles. The van der Waals surface area contributed by atoms with Crippen LogP contribution >= 0.6 is 11.8 Å². The third-order valence-corrected chi connectivity index (χ3v) is 2.14. The van der Waals surface area contributed by atoms with Gasteiger partial charge in [0.25, 0.3) is 0 Å². The van der Waals surface area contributed by atoms with Crippen LogP contribution in [0.15, 0.2) is 23.3 Å². The summed E-state index contributed by atoms with van der Waals surface area (Å²) in [4.78, 5) is 8.35. The molecule has 1 heterocycles. The molecule has 0 atom stereocenters. The largest absolute Gasteiger partial charge is 0.271 e. The number of nitrogens with one attached hydrogen (secondary N) is 1. The van der Waals surface area contributed by atoms with E-state index in [2.05, 4.69) is 15.3 Å². The number of amidine groups is 1. The summed E-state index contributed by atoms with van der Waals surface area (Å²) >= 11 is 1.39. The Morgan fingerprint density at radius 3 is 3.07 bits per heavy atom. The minimum atomic E-state index is 0.573. The van der Waals surface area contributed by atoms with Gasteiger partial charge < -0.3 is 0 Å². The molecule has 0 saturated heterocycles. The third kappa shape index (κ3) is 2.75. The van der Waals surface area contributed by atoms with Crippen LogP contribution in [0.5, 0.6) is 0 Å². The van der Waals surface area contributed by atoms with E-state index in [0.29, 0.717) is 5.17 Å². The van der Waals surface area contributed by atoms with Crippen molar-refractivity contribution in [3.05, 3.63) is 24.0 Å². The predicted molar refractivity (Wildman–Crippen MR) is 58.3 cm³/mol. The highest BCUT2D eigenvalue weighted by atomic mass is 32.2. The average Bonchev–Trinajstić information content (AvgIpc) is 2.20. The van der Waals surface area contributed by atoms with Crippen molar-refractivity contribution in [1.29, 1.82) is 5.26 Å². The molecule has 14 heavy (non-hydrogen) atoms. The Morgan fingerprint density at radius 1 is 1.71 bits per heavy atom. The van der Waals surface area contributed by atoms with Crippen LogP contribution in [0.25, 0.3) is 0 Å². The molecule has 0 aliphatic rings. The Morgan fingerprint density at radius 2 is 2.50 bits per heavy atom. The van der Waals surface area contributed by atoms with Crippen LogP contribution < -0.4 is 5.32 Å². The van der Waals surface area contributed by atoms with Gasteiger partial charge in [-0.25, -0.2) is 4.99 Å². The lowest BCUT2D eigenvalue weighted by Gasteiger charge is -2.01. The standard InChI is InChI=1S/C9H10N4S/c1-7-8(4-3-5-11-7)13-9(14-2)12-6-10/h3-5H,1-2H3,(H,12,13). The summed E-state index contributed by atoms with van der Waals surface area (Å²) in [6, 6.07) is 3.67. The van der Waals surface area contributed by atoms with E-state index < -0.39 is 0 Å². The predicted octanol–water partition coefficient (Wildman–Crippen LogP) is 1.81. The van der Waals surface area contributed by atoms with Gasteiger partial charge >= 0.3 is 0 Å². The van der Waals surface area contributed by atoms with Gasteiger partial charge in [0.15, 0.2) is 11.4 Å². The molecule has 0 saturated carbocycles. The summed E-state index contributed by atoms with van der Waals surface area (Å²) < 4.78 is 0. The molecule has 1 aromatic heterocycles. The number of nitriles is 1. The zero-order valence-electron chi connectivity index (χ0n) is 7.98. The summed E-state index contributed by atoms with van der Waals surface area (Å²) in [5.74, 6) is 0. The van der Waals surface area contributed by atoms with Crippen molar-refractivity contribution in [1.82, 2.24) is 10.3 Å². The zero-order valence-corrected chi connectivity index (χ0v) is 8.80. The maximum atomic E-state index is 8.44. The summed E-state index contributed by atoms with van der Waals surface area (Å²) in [5.41, 5.74) is 1.62. The number of aliphatic imine (C=N–C) groups is 1. The Bertz CT molecular complexity index is 381. The minimum Gasteiger partial charge on any atom is -0.271 e. The lowest BCUT2D eigenvalue weighted by atomic mass is 10.3. The highest BCUT2D eigenvalue weighted by Gasteiger charge is 1.98. The van der Waals surface area contributed by atoms with Gasteiger partial charge in [-0.15, -0.1) is 0 Å². The first-order valence-electron chi connectivity index (χ1n) is 3.97. The molecule has 0 bridgehead atoms. The summed E-state index contributed by atoms with van der Waals surface area (Å²) in [7, 11) is 0. The molecule has 72 valence electrons. The van der Waals surface area contributed by atoms with Gasteiger partial charge in [-0.2, -0.15) is 5.26 Å². The van der Waals surface area contributed by atoms with Crippen LogP contribution in [0.4, 0.5) is 5.69 Å². The summed E-state index contributed by atoms with van der Waals surface area (Å²) in [6.45, 7) is 1.88. The van der Waals surface area contributed by atoms with Crippen molar-refractivity contribution in [2.45, 2.75) is 6.92 Å². The Labute approximate surface area is 87.1 Å². The maximum absolute atomic E-state index is 8.44. The molecule has 0 radical (unpaired) electrons. The van der Waals surface area contributed by atoms with E-state index in [0.717, 1.165) is 11.4 Å². The van der Waals surface area contributed by atoms with Crippen LogP contribution in [0.2, 0.25) is 0 Å². The van der Waals surface area contributed by atoms with E-state index in [-0.39, 0.29) is 0 Å². The number of hydrogen-bond acceptors (Lipinski definition) is 4. The second-order valence-electron chi connectivity index (χ2n) is 2.47. The van der Waals surface area contributed by atoms with E-state index in [9.17, 15) is 0 Å². The highest BCUT2D eigenvalue weighted by molar-refractivity contribution is 8.13. The molecular weight excluding hydrogens is 196 g/mol. The van der Waals surface area contributed by atoms with E-state index in [1.807, 2.05) is 31.5 Å². The first kappa shape index (κ1) is 10.5. The van der Waals surface area contributed by atoms with E-state index in [1.54, 1.807) is 6.20 Å². The Balaban J connectivity index is 2.95. The van der Waals surface area contributed by atoms with E-state index in [4.69, 9.17) is 5.26 Å².